The zero-order chi connectivity index (χ0) is 11.5. The van der Waals surface area contributed by atoms with E-state index in [-0.39, 0.29) is 6.04 Å². The number of carbonyl (C=O) groups excluding carboxylic acids is 1. The van der Waals surface area contributed by atoms with E-state index in [9.17, 15) is 4.79 Å². The molecule has 1 aliphatic rings. The van der Waals surface area contributed by atoms with Crippen LogP contribution in [0.3, 0.4) is 0 Å². The Labute approximate surface area is 96.4 Å². The predicted octanol–water partition coefficient (Wildman–Crippen LogP) is 2.53. The third kappa shape index (κ3) is 2.35. The molecule has 0 aromatic carbocycles. The molecule has 88 valence electrons. The lowest BCUT2D eigenvalue weighted by atomic mass is 9.93. The van der Waals surface area contributed by atoms with Crippen LogP contribution >= 0.6 is 0 Å². The summed E-state index contributed by atoms with van der Waals surface area (Å²) < 4.78 is 5.27. The van der Waals surface area contributed by atoms with Crippen molar-refractivity contribution >= 4 is 5.78 Å². The van der Waals surface area contributed by atoms with Crippen LogP contribution in [-0.2, 0) is 11.3 Å². The lowest BCUT2D eigenvalue weighted by Gasteiger charge is -2.29. The first-order chi connectivity index (χ1) is 7.68. The quantitative estimate of drug-likeness (QED) is 0.786. The van der Waals surface area contributed by atoms with Gasteiger partial charge in [-0.15, -0.1) is 0 Å². The van der Waals surface area contributed by atoms with Crippen LogP contribution in [0.4, 0.5) is 0 Å². The molecule has 0 saturated heterocycles. The van der Waals surface area contributed by atoms with Gasteiger partial charge in [0.05, 0.1) is 12.3 Å². The van der Waals surface area contributed by atoms with Gasteiger partial charge in [-0.3, -0.25) is 9.69 Å². The van der Waals surface area contributed by atoms with Gasteiger partial charge in [-0.25, -0.2) is 0 Å². The summed E-state index contributed by atoms with van der Waals surface area (Å²) >= 11 is 0. The Hall–Kier alpha value is -1.09. The van der Waals surface area contributed by atoms with E-state index in [4.69, 9.17) is 4.42 Å². The van der Waals surface area contributed by atoms with Crippen molar-refractivity contribution in [1.29, 1.82) is 0 Å². The number of Topliss-reactive ketones (excluding diaryl/α,β-unsaturated/α-hetero) is 1. The molecule has 1 unspecified atom stereocenters. The molecular formula is C13H19NO2. The van der Waals surface area contributed by atoms with Gasteiger partial charge in [0.15, 0.2) is 0 Å². The van der Waals surface area contributed by atoms with Gasteiger partial charge in [0, 0.05) is 18.5 Å². The number of hydrogen-bond donors (Lipinski definition) is 0. The molecule has 1 heterocycles. The molecule has 1 saturated carbocycles. The van der Waals surface area contributed by atoms with Crippen molar-refractivity contribution in [1.82, 2.24) is 4.90 Å². The van der Waals surface area contributed by atoms with E-state index >= 15 is 0 Å². The zero-order valence-corrected chi connectivity index (χ0v) is 10.0. The minimum atomic E-state index is 0.114. The number of nitrogens with zero attached hydrogens (tertiary/aromatic N) is 1. The van der Waals surface area contributed by atoms with Crippen molar-refractivity contribution in [2.75, 3.05) is 7.05 Å². The minimum absolute atomic E-state index is 0.114. The second kappa shape index (κ2) is 4.83. The molecule has 1 fully saturated rings. The van der Waals surface area contributed by atoms with E-state index in [0.29, 0.717) is 5.78 Å². The summed E-state index contributed by atoms with van der Waals surface area (Å²) in [7, 11) is 2.03. The molecule has 1 aromatic heterocycles. The van der Waals surface area contributed by atoms with Crippen LogP contribution in [0.1, 0.15) is 37.0 Å². The Balaban J connectivity index is 1.99. The Morgan fingerprint density at radius 2 is 2.31 bits per heavy atom. The van der Waals surface area contributed by atoms with Gasteiger partial charge in [0.1, 0.15) is 11.5 Å². The lowest BCUT2D eigenvalue weighted by Crippen LogP contribution is -2.39. The Morgan fingerprint density at radius 1 is 1.50 bits per heavy atom. The average Bonchev–Trinajstić information content (AvgIpc) is 2.65. The lowest BCUT2D eigenvalue weighted by molar-refractivity contribution is -0.125. The molecule has 2 rings (SSSR count). The van der Waals surface area contributed by atoms with Crippen molar-refractivity contribution in [3.05, 3.63) is 23.7 Å². The van der Waals surface area contributed by atoms with Crippen molar-refractivity contribution < 1.29 is 9.21 Å². The highest BCUT2D eigenvalue weighted by molar-refractivity contribution is 5.84. The molecular weight excluding hydrogens is 202 g/mol. The van der Waals surface area contributed by atoms with Gasteiger partial charge in [-0.2, -0.15) is 0 Å². The summed E-state index contributed by atoms with van der Waals surface area (Å²) in [5.74, 6) is 1.35. The third-order valence-corrected chi connectivity index (χ3v) is 3.44. The highest BCUT2D eigenvalue weighted by Crippen LogP contribution is 2.21. The average molecular weight is 221 g/mol. The molecule has 1 atom stereocenters. The van der Waals surface area contributed by atoms with Gasteiger partial charge in [0.25, 0.3) is 0 Å². The summed E-state index contributed by atoms with van der Waals surface area (Å²) in [6.45, 7) is 2.77. The number of aryl methyl sites for hydroxylation is 1. The van der Waals surface area contributed by atoms with E-state index < -0.39 is 0 Å². The second-order valence-corrected chi connectivity index (χ2v) is 4.65. The van der Waals surface area contributed by atoms with E-state index in [2.05, 4.69) is 4.90 Å². The SMILES string of the molecule is Cc1occc1CN(C)C1CCCCC1=O. The smallest absolute Gasteiger partial charge is 0.149 e. The third-order valence-electron chi connectivity index (χ3n) is 3.44. The molecule has 0 bridgehead atoms. The minimum Gasteiger partial charge on any atom is -0.469 e. The van der Waals surface area contributed by atoms with Gasteiger partial charge in [-0.05, 0) is 32.9 Å². The molecule has 3 nitrogen and oxygen atoms in total. The summed E-state index contributed by atoms with van der Waals surface area (Å²) in [6, 6.07) is 2.10. The van der Waals surface area contributed by atoms with Gasteiger partial charge < -0.3 is 4.42 Å². The first-order valence-corrected chi connectivity index (χ1v) is 5.94. The van der Waals surface area contributed by atoms with Crippen LogP contribution in [0.25, 0.3) is 0 Å². The number of rotatable bonds is 3. The van der Waals surface area contributed by atoms with Crippen LogP contribution in [0.5, 0.6) is 0 Å². The van der Waals surface area contributed by atoms with Crippen LogP contribution < -0.4 is 0 Å². The fourth-order valence-corrected chi connectivity index (χ4v) is 2.38. The molecule has 0 N–H and O–H groups in total. The number of hydrogen-bond acceptors (Lipinski definition) is 3. The molecule has 0 amide bonds. The number of likely N-dealkylation sites (N-methyl/N-ethyl adjacent to an activating group) is 1. The fourth-order valence-electron chi connectivity index (χ4n) is 2.38. The number of carbonyl (C=O) groups is 1. The molecule has 1 aliphatic carbocycles. The number of ketones is 1. The van der Waals surface area contributed by atoms with Crippen molar-refractivity contribution in [3.8, 4) is 0 Å². The maximum atomic E-state index is 11.8. The fraction of sp³-hybridized carbons (Fsp3) is 0.615. The highest BCUT2D eigenvalue weighted by Gasteiger charge is 2.26. The standard InChI is InChI=1S/C13H19NO2/c1-10-11(7-8-16-10)9-14(2)12-5-3-4-6-13(12)15/h7-8,12H,3-6,9H2,1-2H3. The monoisotopic (exact) mass is 221 g/mol. The van der Waals surface area contributed by atoms with Crippen LogP contribution in [0.15, 0.2) is 16.7 Å². The summed E-state index contributed by atoms with van der Waals surface area (Å²) in [5, 5.41) is 0. The van der Waals surface area contributed by atoms with E-state index in [0.717, 1.165) is 31.6 Å². The van der Waals surface area contributed by atoms with Gasteiger partial charge in [-0.1, -0.05) is 6.42 Å². The maximum absolute atomic E-state index is 11.8. The molecule has 0 radical (unpaired) electrons. The topological polar surface area (TPSA) is 33.5 Å². The van der Waals surface area contributed by atoms with Crippen molar-refractivity contribution in [3.63, 3.8) is 0 Å². The van der Waals surface area contributed by atoms with Crippen molar-refractivity contribution in [2.24, 2.45) is 0 Å². The summed E-state index contributed by atoms with van der Waals surface area (Å²) in [6.07, 6.45) is 5.70. The van der Waals surface area contributed by atoms with Crippen LogP contribution in [-0.4, -0.2) is 23.8 Å². The first-order valence-electron chi connectivity index (χ1n) is 5.94. The summed E-state index contributed by atoms with van der Waals surface area (Å²) in [4.78, 5) is 13.9. The second-order valence-electron chi connectivity index (χ2n) is 4.65. The number of furan rings is 1. The predicted molar refractivity (Wildman–Crippen MR) is 62.2 cm³/mol. The molecule has 0 aliphatic heterocycles. The molecule has 1 aromatic rings. The van der Waals surface area contributed by atoms with E-state index in [1.807, 2.05) is 20.0 Å². The van der Waals surface area contributed by atoms with Gasteiger partial charge >= 0.3 is 0 Å². The van der Waals surface area contributed by atoms with Gasteiger partial charge in [0.2, 0.25) is 0 Å². The van der Waals surface area contributed by atoms with E-state index in [1.54, 1.807) is 6.26 Å². The molecule has 16 heavy (non-hydrogen) atoms. The summed E-state index contributed by atoms with van der Waals surface area (Å²) in [5.41, 5.74) is 1.18. The largest absolute Gasteiger partial charge is 0.469 e. The van der Waals surface area contributed by atoms with Crippen molar-refractivity contribution in [2.45, 2.75) is 45.2 Å². The van der Waals surface area contributed by atoms with E-state index in [1.165, 1.54) is 12.0 Å². The first kappa shape index (κ1) is 11.4. The Bertz CT molecular complexity index is 370. The molecule has 3 heteroatoms. The Kier molecular flexibility index (Phi) is 3.44. The van der Waals surface area contributed by atoms with Crippen LogP contribution in [0.2, 0.25) is 0 Å². The van der Waals surface area contributed by atoms with Crippen LogP contribution in [0, 0.1) is 6.92 Å². The maximum Gasteiger partial charge on any atom is 0.149 e. The highest BCUT2D eigenvalue weighted by atomic mass is 16.3. The Morgan fingerprint density at radius 3 is 2.94 bits per heavy atom. The zero-order valence-electron chi connectivity index (χ0n) is 10.0. The normalized spacial score (nSPS) is 21.7. The molecule has 0 spiro atoms.